The van der Waals surface area contributed by atoms with Crippen molar-refractivity contribution in [1.29, 1.82) is 0 Å². The molecule has 0 saturated carbocycles. The lowest BCUT2D eigenvalue weighted by atomic mass is 10.0. The molecule has 0 fully saturated rings. The van der Waals surface area contributed by atoms with Crippen molar-refractivity contribution in [3.05, 3.63) is 58.1 Å². The van der Waals surface area contributed by atoms with Crippen molar-refractivity contribution in [2.75, 3.05) is 4.31 Å². The van der Waals surface area contributed by atoms with Crippen molar-refractivity contribution in [2.45, 2.75) is 38.6 Å². The maximum atomic E-state index is 13.3. The van der Waals surface area contributed by atoms with E-state index in [1.807, 2.05) is 32.9 Å². The molecule has 0 spiro atoms. The van der Waals surface area contributed by atoms with Crippen LogP contribution in [-0.4, -0.2) is 19.7 Å². The van der Waals surface area contributed by atoms with E-state index in [0.29, 0.717) is 10.7 Å². The van der Waals surface area contributed by atoms with Crippen LogP contribution in [0, 0.1) is 20.8 Å². The Kier molecular flexibility index (Phi) is 5.82. The molecule has 7 heteroatoms. The van der Waals surface area contributed by atoms with E-state index in [1.165, 1.54) is 31.2 Å². The predicted molar refractivity (Wildman–Crippen MR) is 102 cm³/mol. The molecule has 134 valence electrons. The van der Waals surface area contributed by atoms with Gasteiger partial charge in [0.2, 0.25) is 5.24 Å². The fourth-order valence-electron chi connectivity index (χ4n) is 2.85. The number of carbonyl (C=O) groups is 1. The van der Waals surface area contributed by atoms with Crippen molar-refractivity contribution in [2.24, 2.45) is 0 Å². The molecule has 0 N–H and O–H groups in total. The third-order valence-electron chi connectivity index (χ3n) is 3.91. The van der Waals surface area contributed by atoms with Crippen LogP contribution in [0.5, 0.6) is 0 Å². The Bertz CT molecular complexity index is 885. The molecule has 0 saturated heterocycles. The molecule has 0 bridgehead atoms. The van der Waals surface area contributed by atoms with Crippen LogP contribution in [0.4, 0.5) is 5.69 Å². The van der Waals surface area contributed by atoms with Gasteiger partial charge in [0.05, 0.1) is 10.6 Å². The van der Waals surface area contributed by atoms with Crippen LogP contribution in [0.2, 0.25) is 5.02 Å². The number of hydrogen-bond acceptors (Lipinski definition) is 3. The largest absolute Gasteiger partial charge is 0.279 e. The SMILES string of the molecule is Cc1cc(C)c(N(C(C)C(=O)Cl)S(=O)(=O)c2ccc(Cl)cc2)c(C)c1. The second-order valence-corrected chi connectivity index (χ2v) is 8.61. The maximum Gasteiger partial charge on any atom is 0.265 e. The quantitative estimate of drug-likeness (QED) is 0.689. The summed E-state index contributed by atoms with van der Waals surface area (Å²) in [5.41, 5.74) is 2.97. The second kappa shape index (κ2) is 7.36. The van der Waals surface area contributed by atoms with Crippen molar-refractivity contribution in [3.8, 4) is 0 Å². The molecule has 0 aliphatic heterocycles. The number of hydrogen-bond donors (Lipinski definition) is 0. The summed E-state index contributed by atoms with van der Waals surface area (Å²) < 4.78 is 27.6. The zero-order chi connectivity index (χ0) is 18.9. The minimum absolute atomic E-state index is 0.0426. The van der Waals surface area contributed by atoms with Crippen LogP contribution in [0.3, 0.4) is 0 Å². The van der Waals surface area contributed by atoms with Gasteiger partial charge in [-0.05, 0) is 74.7 Å². The van der Waals surface area contributed by atoms with E-state index in [0.717, 1.165) is 21.0 Å². The summed E-state index contributed by atoms with van der Waals surface area (Å²) in [5, 5.41) is -0.327. The zero-order valence-electron chi connectivity index (χ0n) is 14.4. The third-order valence-corrected chi connectivity index (χ3v) is 6.36. The molecule has 1 unspecified atom stereocenters. The lowest BCUT2D eigenvalue weighted by Crippen LogP contribution is -2.42. The summed E-state index contributed by atoms with van der Waals surface area (Å²) >= 11 is 11.5. The molecule has 0 aromatic heterocycles. The lowest BCUT2D eigenvalue weighted by Gasteiger charge is -2.31. The minimum Gasteiger partial charge on any atom is -0.279 e. The van der Waals surface area contributed by atoms with Gasteiger partial charge in [-0.1, -0.05) is 29.3 Å². The van der Waals surface area contributed by atoms with Crippen molar-refractivity contribution >= 4 is 44.2 Å². The van der Waals surface area contributed by atoms with Crippen molar-refractivity contribution < 1.29 is 13.2 Å². The summed E-state index contributed by atoms with van der Waals surface area (Å²) in [6.45, 7) is 7.02. The summed E-state index contributed by atoms with van der Waals surface area (Å²) in [7, 11) is -4.00. The number of benzene rings is 2. The van der Waals surface area contributed by atoms with E-state index in [9.17, 15) is 13.2 Å². The molecular weight excluding hydrogens is 381 g/mol. The molecule has 0 aliphatic rings. The monoisotopic (exact) mass is 399 g/mol. The first kappa shape index (κ1) is 19.8. The van der Waals surface area contributed by atoms with Crippen LogP contribution in [0.15, 0.2) is 41.3 Å². The molecule has 0 radical (unpaired) electrons. The first-order chi connectivity index (χ1) is 11.6. The molecule has 0 aliphatic carbocycles. The smallest absolute Gasteiger partial charge is 0.265 e. The molecule has 25 heavy (non-hydrogen) atoms. The summed E-state index contributed by atoms with van der Waals surface area (Å²) in [6, 6.07) is 8.51. The standard InChI is InChI=1S/C18H19Cl2NO3S/c1-11-9-12(2)17(13(3)10-11)21(14(4)18(20)22)25(23,24)16-7-5-15(19)6-8-16/h5-10,14H,1-4H3. The summed E-state index contributed by atoms with van der Waals surface area (Å²) in [4.78, 5) is 11.9. The Balaban J connectivity index is 2.74. The molecular formula is C18H19Cl2NO3S. The van der Waals surface area contributed by atoms with E-state index >= 15 is 0 Å². The Morgan fingerprint density at radius 2 is 1.52 bits per heavy atom. The highest BCUT2D eigenvalue weighted by atomic mass is 35.5. The van der Waals surface area contributed by atoms with Gasteiger partial charge in [-0.2, -0.15) is 0 Å². The van der Waals surface area contributed by atoms with Gasteiger partial charge in [0.15, 0.2) is 0 Å². The second-order valence-electron chi connectivity index (χ2n) is 5.98. The van der Waals surface area contributed by atoms with E-state index in [1.54, 1.807) is 0 Å². The first-order valence-electron chi connectivity index (χ1n) is 7.63. The van der Waals surface area contributed by atoms with Crippen LogP contribution in [0.25, 0.3) is 0 Å². The van der Waals surface area contributed by atoms with Gasteiger partial charge < -0.3 is 0 Å². The van der Waals surface area contributed by atoms with Gasteiger partial charge in [-0.3, -0.25) is 9.10 Å². The Hall–Kier alpha value is -1.56. The van der Waals surface area contributed by atoms with Crippen molar-refractivity contribution in [1.82, 2.24) is 0 Å². The molecule has 0 heterocycles. The Morgan fingerprint density at radius 3 is 1.96 bits per heavy atom. The van der Waals surface area contributed by atoms with E-state index in [4.69, 9.17) is 23.2 Å². The Morgan fingerprint density at radius 1 is 1.04 bits per heavy atom. The number of nitrogens with zero attached hydrogens (tertiary/aromatic N) is 1. The number of anilines is 1. The topological polar surface area (TPSA) is 54.5 Å². The highest BCUT2D eigenvalue weighted by Crippen LogP contribution is 2.33. The number of halogens is 2. The number of carbonyl (C=O) groups excluding carboxylic acids is 1. The normalized spacial score (nSPS) is 12.7. The molecule has 2 aromatic carbocycles. The predicted octanol–water partition coefficient (Wildman–Crippen LogP) is 4.61. The van der Waals surface area contributed by atoms with Gasteiger partial charge in [0.25, 0.3) is 10.0 Å². The van der Waals surface area contributed by atoms with Gasteiger partial charge in [0.1, 0.15) is 6.04 Å². The molecule has 2 aromatic rings. The van der Waals surface area contributed by atoms with Crippen LogP contribution >= 0.6 is 23.2 Å². The van der Waals surface area contributed by atoms with Crippen LogP contribution in [0.1, 0.15) is 23.6 Å². The minimum atomic E-state index is -4.00. The fraction of sp³-hybridized carbons (Fsp3) is 0.278. The van der Waals surface area contributed by atoms with Crippen molar-refractivity contribution in [3.63, 3.8) is 0 Å². The average molecular weight is 400 g/mol. The summed E-state index contributed by atoms with van der Waals surface area (Å²) in [6.07, 6.45) is 0. The van der Waals surface area contributed by atoms with Gasteiger partial charge in [-0.25, -0.2) is 8.42 Å². The average Bonchev–Trinajstić information content (AvgIpc) is 2.50. The Labute approximate surface area is 158 Å². The fourth-order valence-corrected chi connectivity index (χ4v) is 4.88. The van der Waals surface area contributed by atoms with E-state index in [-0.39, 0.29) is 4.90 Å². The highest BCUT2D eigenvalue weighted by Gasteiger charge is 2.34. The van der Waals surface area contributed by atoms with Crippen LogP contribution in [-0.2, 0) is 14.8 Å². The molecule has 4 nitrogen and oxygen atoms in total. The third kappa shape index (κ3) is 4.00. The molecule has 1 atom stereocenters. The number of aryl methyl sites for hydroxylation is 3. The zero-order valence-corrected chi connectivity index (χ0v) is 16.7. The first-order valence-corrected chi connectivity index (χ1v) is 9.82. The maximum absolute atomic E-state index is 13.3. The lowest BCUT2D eigenvalue weighted by molar-refractivity contribution is -0.112. The molecule has 2 rings (SSSR count). The van der Waals surface area contributed by atoms with Gasteiger partial charge >= 0.3 is 0 Å². The van der Waals surface area contributed by atoms with E-state index in [2.05, 4.69) is 0 Å². The number of sulfonamides is 1. The highest BCUT2D eigenvalue weighted by molar-refractivity contribution is 7.93. The van der Waals surface area contributed by atoms with Crippen LogP contribution < -0.4 is 4.31 Å². The summed E-state index contributed by atoms with van der Waals surface area (Å²) in [5.74, 6) is 0. The van der Waals surface area contributed by atoms with Gasteiger partial charge in [-0.15, -0.1) is 0 Å². The number of rotatable bonds is 5. The van der Waals surface area contributed by atoms with E-state index < -0.39 is 21.3 Å². The van der Waals surface area contributed by atoms with Gasteiger partial charge in [0, 0.05) is 5.02 Å². The molecule has 0 amide bonds.